The fraction of sp³-hybridized carbons (Fsp3) is 0.778. The van der Waals surface area contributed by atoms with Crippen molar-refractivity contribution in [2.45, 2.75) is 5.54 Å². The molecule has 2 fully saturated rings. The molecular weight excluding hydrogens is 196 g/mol. The molecule has 0 aromatic heterocycles. The molecule has 0 spiro atoms. The lowest BCUT2D eigenvalue weighted by Crippen LogP contribution is -2.71. The minimum absolute atomic E-state index is 0.172. The minimum Gasteiger partial charge on any atom is -0.297 e. The van der Waals surface area contributed by atoms with E-state index in [1.807, 2.05) is 9.80 Å². The third kappa shape index (κ3) is 1.81. The van der Waals surface area contributed by atoms with E-state index in [4.69, 9.17) is 6.42 Å². The predicted octanol–water partition coefficient (Wildman–Crippen LogP) is -1.23. The first-order chi connectivity index (χ1) is 7.16. The van der Waals surface area contributed by atoms with E-state index < -0.39 is 5.54 Å². The van der Waals surface area contributed by atoms with Gasteiger partial charge in [-0.3, -0.25) is 25.2 Å². The maximum absolute atomic E-state index is 11.1. The van der Waals surface area contributed by atoms with E-state index in [9.17, 15) is 10.1 Å². The lowest BCUT2D eigenvalue weighted by Gasteiger charge is -2.45. The number of hydrogen-bond acceptors (Lipinski definition) is 5. The second-order valence-electron chi connectivity index (χ2n) is 4.23. The van der Waals surface area contributed by atoms with Crippen LogP contribution >= 0.6 is 0 Å². The van der Waals surface area contributed by atoms with Gasteiger partial charge in [0.1, 0.15) is 0 Å². The summed E-state index contributed by atoms with van der Waals surface area (Å²) in [5.74, 6) is 2.54. The molecule has 2 bridgehead atoms. The van der Waals surface area contributed by atoms with Crippen molar-refractivity contribution in [3.05, 3.63) is 10.1 Å². The molecule has 0 aliphatic carbocycles. The molecule has 0 aromatic carbocycles. The number of nitro groups is 1. The highest BCUT2D eigenvalue weighted by Gasteiger charge is 2.51. The summed E-state index contributed by atoms with van der Waals surface area (Å²) in [6.07, 6.45) is 5.23. The number of fused-ring (bicyclic) bond motifs is 2. The number of rotatable bonds is 2. The van der Waals surface area contributed by atoms with Gasteiger partial charge in [0, 0.05) is 11.6 Å². The zero-order valence-corrected chi connectivity index (χ0v) is 8.48. The van der Waals surface area contributed by atoms with Gasteiger partial charge in [0.15, 0.2) is 0 Å². The van der Waals surface area contributed by atoms with Gasteiger partial charge in [-0.25, -0.2) is 0 Å². The van der Waals surface area contributed by atoms with Crippen LogP contribution in [-0.4, -0.2) is 59.8 Å². The molecule has 82 valence electrons. The van der Waals surface area contributed by atoms with E-state index in [0.29, 0.717) is 39.5 Å². The molecule has 0 amide bonds. The first kappa shape index (κ1) is 10.4. The smallest absolute Gasteiger partial charge is 0.259 e. The Hall–Kier alpha value is -1.16. The highest BCUT2D eigenvalue weighted by atomic mass is 16.6. The Kier molecular flexibility index (Phi) is 2.61. The van der Waals surface area contributed by atoms with Crippen LogP contribution in [0.4, 0.5) is 0 Å². The summed E-state index contributed by atoms with van der Waals surface area (Å²) >= 11 is 0. The van der Waals surface area contributed by atoms with Crippen molar-refractivity contribution in [2.75, 3.05) is 39.5 Å². The summed E-state index contributed by atoms with van der Waals surface area (Å²) in [6.45, 7) is 3.29. The summed E-state index contributed by atoms with van der Waals surface area (Å²) < 4.78 is 0. The van der Waals surface area contributed by atoms with Crippen LogP contribution in [0.25, 0.3) is 0 Å². The molecule has 2 unspecified atom stereocenters. The molecule has 2 heterocycles. The summed E-state index contributed by atoms with van der Waals surface area (Å²) in [4.78, 5) is 14.9. The van der Waals surface area contributed by atoms with Crippen LogP contribution in [0.5, 0.6) is 0 Å². The largest absolute Gasteiger partial charge is 0.297 e. The third-order valence-corrected chi connectivity index (χ3v) is 2.93. The molecule has 2 aliphatic rings. The van der Waals surface area contributed by atoms with Gasteiger partial charge in [0.05, 0.1) is 32.8 Å². The van der Waals surface area contributed by atoms with E-state index >= 15 is 0 Å². The highest BCUT2D eigenvalue weighted by Crippen LogP contribution is 2.21. The van der Waals surface area contributed by atoms with E-state index in [-0.39, 0.29) is 4.92 Å². The van der Waals surface area contributed by atoms with Crippen molar-refractivity contribution in [3.63, 3.8) is 0 Å². The molecule has 2 rings (SSSR count). The van der Waals surface area contributed by atoms with Crippen molar-refractivity contribution < 1.29 is 4.92 Å². The molecule has 0 aromatic rings. The number of terminal acetylenes is 1. The summed E-state index contributed by atoms with van der Waals surface area (Å²) in [5.41, 5.74) is -0.882. The second kappa shape index (κ2) is 3.77. The summed E-state index contributed by atoms with van der Waals surface area (Å²) in [7, 11) is 0. The molecule has 0 radical (unpaired) electrons. The van der Waals surface area contributed by atoms with Gasteiger partial charge in [-0.2, -0.15) is 0 Å². The number of hydrogen-bond donors (Lipinski definition) is 1. The number of nitrogens with zero attached hydrogens (tertiary/aromatic N) is 3. The zero-order chi connectivity index (χ0) is 10.9. The molecule has 2 aliphatic heterocycles. The van der Waals surface area contributed by atoms with E-state index in [1.54, 1.807) is 0 Å². The molecule has 2 atom stereocenters. The van der Waals surface area contributed by atoms with Gasteiger partial charge in [-0.1, -0.05) is 5.92 Å². The first-order valence-electron chi connectivity index (χ1n) is 4.90. The maximum atomic E-state index is 11.1. The van der Waals surface area contributed by atoms with Crippen molar-refractivity contribution >= 4 is 0 Å². The minimum atomic E-state index is -0.882. The zero-order valence-electron chi connectivity index (χ0n) is 8.48. The van der Waals surface area contributed by atoms with Gasteiger partial charge < -0.3 is 0 Å². The van der Waals surface area contributed by atoms with E-state index in [2.05, 4.69) is 11.2 Å². The van der Waals surface area contributed by atoms with E-state index in [0.717, 1.165) is 0 Å². The fourth-order valence-corrected chi connectivity index (χ4v) is 2.34. The van der Waals surface area contributed by atoms with E-state index in [1.165, 1.54) is 0 Å². The average Bonchev–Trinajstić information content (AvgIpc) is 2.17. The monoisotopic (exact) mass is 210 g/mol. The average molecular weight is 210 g/mol. The van der Waals surface area contributed by atoms with Crippen molar-refractivity contribution in [2.24, 2.45) is 0 Å². The van der Waals surface area contributed by atoms with Crippen LogP contribution in [0.15, 0.2) is 0 Å². The second-order valence-corrected chi connectivity index (χ2v) is 4.23. The van der Waals surface area contributed by atoms with Crippen LogP contribution in [0.3, 0.4) is 0 Å². The van der Waals surface area contributed by atoms with Crippen LogP contribution in [0.1, 0.15) is 0 Å². The molecule has 6 heteroatoms. The van der Waals surface area contributed by atoms with Gasteiger partial charge in [0.25, 0.3) is 5.54 Å². The Bertz CT molecular complexity index is 314. The topological polar surface area (TPSA) is 61.6 Å². The molecule has 1 N–H and O–H groups in total. The summed E-state index contributed by atoms with van der Waals surface area (Å²) in [6, 6.07) is 0. The maximum Gasteiger partial charge on any atom is 0.259 e. The fourth-order valence-electron chi connectivity index (χ4n) is 2.34. The SMILES string of the molecule is C#CCN1CN2CNCC([N+](=O)[O-])(C1)C2. The van der Waals surface area contributed by atoms with Crippen LogP contribution < -0.4 is 5.32 Å². The molecule has 6 nitrogen and oxygen atoms in total. The lowest BCUT2D eigenvalue weighted by molar-refractivity contribution is -0.576. The normalized spacial score (nSPS) is 35.8. The van der Waals surface area contributed by atoms with Gasteiger partial charge in [0.2, 0.25) is 0 Å². The molecular formula is C9H14N4O2. The highest BCUT2D eigenvalue weighted by molar-refractivity contribution is 4.98. The molecule has 2 saturated heterocycles. The number of nitrogens with one attached hydrogen (secondary N) is 1. The predicted molar refractivity (Wildman–Crippen MR) is 54.6 cm³/mol. The van der Waals surface area contributed by atoms with Crippen LogP contribution in [0, 0.1) is 22.5 Å². The standard InChI is InChI=1S/C9H14N4O2/c1-2-3-11-5-9(13(14)15)4-10-7-12(6-9)8-11/h1,10H,3-8H2. The molecule has 0 saturated carbocycles. The van der Waals surface area contributed by atoms with Crippen molar-refractivity contribution in [1.29, 1.82) is 0 Å². The Labute approximate surface area is 88.4 Å². The van der Waals surface area contributed by atoms with Crippen molar-refractivity contribution in [1.82, 2.24) is 15.1 Å². The van der Waals surface area contributed by atoms with Crippen LogP contribution in [-0.2, 0) is 0 Å². The summed E-state index contributed by atoms with van der Waals surface area (Å²) in [5, 5.41) is 14.2. The van der Waals surface area contributed by atoms with Gasteiger partial charge in [-0.05, 0) is 0 Å². The quantitative estimate of drug-likeness (QED) is 0.351. The first-order valence-corrected chi connectivity index (χ1v) is 4.90. The Morgan fingerprint density at radius 3 is 3.07 bits per heavy atom. The van der Waals surface area contributed by atoms with Gasteiger partial charge in [-0.15, -0.1) is 6.42 Å². The van der Waals surface area contributed by atoms with Gasteiger partial charge >= 0.3 is 0 Å². The molecule has 15 heavy (non-hydrogen) atoms. The van der Waals surface area contributed by atoms with Crippen molar-refractivity contribution in [3.8, 4) is 12.3 Å². The Morgan fingerprint density at radius 1 is 1.60 bits per heavy atom. The third-order valence-electron chi connectivity index (χ3n) is 2.93. The Balaban J connectivity index is 2.15. The Morgan fingerprint density at radius 2 is 2.40 bits per heavy atom. The van der Waals surface area contributed by atoms with Crippen LogP contribution in [0.2, 0.25) is 0 Å². The lowest BCUT2D eigenvalue weighted by atomic mass is 9.95.